The summed E-state index contributed by atoms with van der Waals surface area (Å²) in [6.07, 6.45) is 1.31. The number of nitrogens with zero attached hydrogens (tertiary/aromatic N) is 2. The molecule has 0 unspecified atom stereocenters. The summed E-state index contributed by atoms with van der Waals surface area (Å²) >= 11 is 2.10. The number of aromatic nitrogens is 2. The summed E-state index contributed by atoms with van der Waals surface area (Å²) in [6, 6.07) is 8.60. The van der Waals surface area contributed by atoms with Gasteiger partial charge in [-0.25, -0.2) is 4.79 Å². The zero-order valence-electron chi connectivity index (χ0n) is 8.50. The van der Waals surface area contributed by atoms with Crippen LogP contribution < -0.4 is 4.74 Å². The third-order valence-electron chi connectivity index (χ3n) is 1.96. The van der Waals surface area contributed by atoms with Gasteiger partial charge >= 0.3 is 5.97 Å². The number of ether oxygens (including phenoxy) is 1. The maximum atomic E-state index is 10.9. The molecule has 0 bridgehead atoms. The fraction of sp³-hybridized carbons (Fsp3) is 0. The van der Waals surface area contributed by atoms with Crippen LogP contribution in [0.2, 0.25) is 0 Å². The monoisotopic (exact) mass is 342 g/mol. The number of carboxylic acid groups (broad SMARTS) is 1. The first-order valence-electron chi connectivity index (χ1n) is 4.66. The molecule has 0 saturated heterocycles. The molecule has 0 radical (unpaired) electrons. The lowest BCUT2D eigenvalue weighted by molar-refractivity contribution is 0.0693. The number of halogens is 1. The summed E-state index contributed by atoms with van der Waals surface area (Å²) < 4.78 is 6.31. The molecule has 0 amide bonds. The molecule has 5 nitrogen and oxygen atoms in total. The van der Waals surface area contributed by atoms with Gasteiger partial charge < -0.3 is 9.84 Å². The van der Waals surface area contributed by atoms with Gasteiger partial charge in [-0.15, -0.1) is 5.10 Å². The van der Waals surface area contributed by atoms with Gasteiger partial charge in [0.15, 0.2) is 0 Å². The fourth-order valence-corrected chi connectivity index (χ4v) is 1.69. The van der Waals surface area contributed by atoms with Crippen molar-refractivity contribution in [2.75, 3.05) is 0 Å². The molecule has 1 aromatic heterocycles. The maximum absolute atomic E-state index is 10.9. The third kappa shape index (κ3) is 2.70. The van der Waals surface area contributed by atoms with Gasteiger partial charge in [0.2, 0.25) is 0 Å². The first-order chi connectivity index (χ1) is 8.18. The van der Waals surface area contributed by atoms with Crippen molar-refractivity contribution in [2.45, 2.75) is 0 Å². The molecule has 0 atom stereocenters. The van der Waals surface area contributed by atoms with Crippen LogP contribution in [-0.2, 0) is 0 Å². The average molecular weight is 342 g/mol. The Morgan fingerprint density at radius 1 is 1.29 bits per heavy atom. The van der Waals surface area contributed by atoms with Crippen molar-refractivity contribution in [1.29, 1.82) is 0 Å². The summed E-state index contributed by atoms with van der Waals surface area (Å²) in [5.74, 6) is -0.555. The van der Waals surface area contributed by atoms with E-state index in [9.17, 15) is 4.79 Å². The van der Waals surface area contributed by atoms with Crippen molar-refractivity contribution < 1.29 is 14.6 Å². The van der Waals surface area contributed by atoms with Crippen LogP contribution in [-0.4, -0.2) is 21.3 Å². The second-order valence-electron chi connectivity index (χ2n) is 3.09. The smallest absolute Gasteiger partial charge is 0.341 e. The SMILES string of the molecule is O=C(O)c1ccnnc1Oc1ccccc1I. The van der Waals surface area contributed by atoms with Gasteiger partial charge in [0, 0.05) is 0 Å². The quantitative estimate of drug-likeness (QED) is 0.868. The molecule has 0 aliphatic carbocycles. The highest BCUT2D eigenvalue weighted by molar-refractivity contribution is 14.1. The van der Waals surface area contributed by atoms with Crippen molar-refractivity contribution >= 4 is 28.6 Å². The normalized spacial score (nSPS) is 9.94. The van der Waals surface area contributed by atoms with Gasteiger partial charge in [0.05, 0.1) is 9.77 Å². The van der Waals surface area contributed by atoms with Crippen molar-refractivity contribution in [2.24, 2.45) is 0 Å². The molecule has 0 aliphatic rings. The Labute approximate surface area is 111 Å². The fourth-order valence-electron chi connectivity index (χ4n) is 1.19. The molecule has 0 saturated carbocycles. The first-order valence-corrected chi connectivity index (χ1v) is 5.73. The molecule has 2 aromatic rings. The lowest BCUT2D eigenvalue weighted by atomic mass is 10.3. The van der Waals surface area contributed by atoms with E-state index in [2.05, 4.69) is 32.8 Å². The summed E-state index contributed by atoms with van der Waals surface area (Å²) in [7, 11) is 0. The van der Waals surface area contributed by atoms with Crippen molar-refractivity contribution in [3.05, 3.63) is 45.7 Å². The Morgan fingerprint density at radius 3 is 2.76 bits per heavy atom. The standard InChI is InChI=1S/C11H7IN2O3/c12-8-3-1-2-4-9(8)17-10-7(11(15)16)5-6-13-14-10/h1-6H,(H,15,16). The second-order valence-corrected chi connectivity index (χ2v) is 4.25. The molecular weight excluding hydrogens is 335 g/mol. The van der Waals surface area contributed by atoms with Crippen LogP contribution in [0.15, 0.2) is 36.5 Å². The van der Waals surface area contributed by atoms with E-state index in [1.165, 1.54) is 12.3 Å². The highest BCUT2D eigenvalue weighted by atomic mass is 127. The van der Waals surface area contributed by atoms with Crippen LogP contribution >= 0.6 is 22.6 Å². The van der Waals surface area contributed by atoms with E-state index in [1.54, 1.807) is 12.1 Å². The second kappa shape index (κ2) is 5.09. The highest BCUT2D eigenvalue weighted by Crippen LogP contribution is 2.26. The van der Waals surface area contributed by atoms with E-state index in [0.717, 1.165) is 3.57 Å². The maximum Gasteiger partial charge on any atom is 0.341 e. The van der Waals surface area contributed by atoms with Crippen molar-refractivity contribution in [3.8, 4) is 11.6 Å². The number of benzene rings is 1. The van der Waals surface area contributed by atoms with Gasteiger partial charge in [-0.3, -0.25) is 0 Å². The number of aromatic carboxylic acids is 1. The minimum atomic E-state index is -1.10. The Balaban J connectivity index is 2.37. The molecule has 0 spiro atoms. The van der Waals surface area contributed by atoms with Crippen LogP contribution in [0.4, 0.5) is 0 Å². The highest BCUT2D eigenvalue weighted by Gasteiger charge is 2.14. The van der Waals surface area contributed by atoms with Crippen LogP contribution in [0.5, 0.6) is 11.6 Å². The van der Waals surface area contributed by atoms with Gasteiger partial charge in [-0.2, -0.15) is 5.10 Å². The summed E-state index contributed by atoms with van der Waals surface area (Å²) in [5.41, 5.74) is -0.0142. The van der Waals surface area contributed by atoms with E-state index in [1.807, 2.05) is 12.1 Å². The molecule has 0 aliphatic heterocycles. The van der Waals surface area contributed by atoms with Crippen LogP contribution in [0.25, 0.3) is 0 Å². The molecule has 0 fully saturated rings. The minimum absolute atomic E-state index is 0.0101. The number of hydrogen-bond acceptors (Lipinski definition) is 4. The molecule has 1 aromatic carbocycles. The zero-order valence-corrected chi connectivity index (χ0v) is 10.7. The van der Waals surface area contributed by atoms with Gasteiger partial charge in [0.25, 0.3) is 5.88 Å². The van der Waals surface area contributed by atoms with Crippen molar-refractivity contribution in [3.63, 3.8) is 0 Å². The number of rotatable bonds is 3. The first kappa shape index (κ1) is 11.8. The molecule has 86 valence electrons. The third-order valence-corrected chi connectivity index (χ3v) is 2.85. The van der Waals surface area contributed by atoms with Gasteiger partial charge in [-0.1, -0.05) is 12.1 Å². The Kier molecular flexibility index (Phi) is 3.52. The largest absolute Gasteiger partial charge is 0.477 e. The lowest BCUT2D eigenvalue weighted by Crippen LogP contribution is -2.03. The molecule has 2 rings (SSSR count). The van der Waals surface area contributed by atoms with E-state index in [0.29, 0.717) is 5.75 Å². The van der Waals surface area contributed by atoms with Gasteiger partial charge in [-0.05, 0) is 40.8 Å². The predicted octanol–water partition coefficient (Wildman–Crippen LogP) is 2.57. The summed E-state index contributed by atoms with van der Waals surface area (Å²) in [4.78, 5) is 10.9. The molecule has 1 heterocycles. The molecule has 1 N–H and O–H groups in total. The van der Waals surface area contributed by atoms with Crippen LogP contribution in [0.3, 0.4) is 0 Å². The topological polar surface area (TPSA) is 72.3 Å². The van der Waals surface area contributed by atoms with Crippen LogP contribution in [0, 0.1) is 3.57 Å². The van der Waals surface area contributed by atoms with Crippen molar-refractivity contribution in [1.82, 2.24) is 10.2 Å². The predicted molar refractivity (Wildman–Crippen MR) is 68.2 cm³/mol. The Morgan fingerprint density at radius 2 is 2.06 bits per heavy atom. The minimum Gasteiger partial charge on any atom is -0.477 e. The number of hydrogen-bond donors (Lipinski definition) is 1. The summed E-state index contributed by atoms with van der Waals surface area (Å²) in [5, 5.41) is 16.3. The van der Waals surface area contributed by atoms with E-state index >= 15 is 0 Å². The summed E-state index contributed by atoms with van der Waals surface area (Å²) in [6.45, 7) is 0. The molecular formula is C11H7IN2O3. The zero-order chi connectivity index (χ0) is 12.3. The van der Waals surface area contributed by atoms with Gasteiger partial charge in [0.1, 0.15) is 11.3 Å². The lowest BCUT2D eigenvalue weighted by Gasteiger charge is -2.07. The van der Waals surface area contributed by atoms with E-state index in [-0.39, 0.29) is 11.4 Å². The molecule has 6 heteroatoms. The number of carboxylic acids is 1. The number of para-hydroxylation sites is 1. The Bertz CT molecular complexity index is 560. The Hall–Kier alpha value is -1.70. The van der Waals surface area contributed by atoms with Crippen LogP contribution in [0.1, 0.15) is 10.4 Å². The molecule has 17 heavy (non-hydrogen) atoms. The van der Waals surface area contributed by atoms with E-state index in [4.69, 9.17) is 9.84 Å². The average Bonchev–Trinajstić information content (AvgIpc) is 2.32. The van der Waals surface area contributed by atoms with E-state index < -0.39 is 5.97 Å². The number of carbonyl (C=O) groups is 1.